The van der Waals surface area contributed by atoms with Crippen molar-refractivity contribution in [1.29, 1.82) is 0 Å². The van der Waals surface area contributed by atoms with E-state index < -0.39 is 0 Å². The first kappa shape index (κ1) is 38.2. The second-order valence-corrected chi connectivity index (χ2v) is 15.7. The highest BCUT2D eigenvalue weighted by molar-refractivity contribution is 6.04. The second kappa shape index (κ2) is 17.7. The Bertz CT molecular complexity index is 3050. The minimum atomic E-state index is 1.15. The average molecular weight is 789 g/mol. The zero-order valence-electron chi connectivity index (χ0n) is 34.4. The zero-order valence-corrected chi connectivity index (χ0v) is 34.4. The van der Waals surface area contributed by atoms with Gasteiger partial charge in [-0.25, -0.2) is 0 Å². The maximum atomic E-state index is 2.31. The molecule has 0 aliphatic carbocycles. The van der Waals surface area contributed by atoms with Gasteiger partial charge in [0.15, 0.2) is 0 Å². The van der Waals surface area contributed by atoms with E-state index in [1.807, 2.05) is 0 Å². The Morgan fingerprint density at radius 2 is 0.597 bits per heavy atom. The Labute approximate surface area is 364 Å². The maximum absolute atomic E-state index is 2.31. The molecule has 0 heterocycles. The van der Waals surface area contributed by atoms with Crippen LogP contribution >= 0.6 is 0 Å². The van der Waals surface area contributed by atoms with Crippen molar-refractivity contribution in [2.24, 2.45) is 0 Å². The van der Waals surface area contributed by atoms with Crippen LogP contribution in [0.2, 0.25) is 0 Å². The summed E-state index contributed by atoms with van der Waals surface area (Å²) in [6.45, 7) is 0. The number of fused-ring (bicyclic) bond motifs is 3. The van der Waals surface area contributed by atoms with Gasteiger partial charge >= 0.3 is 0 Å². The monoisotopic (exact) mass is 788 g/mol. The minimum absolute atomic E-state index is 1.15. The standard InChI is InChI=1S/C62H44/c1-3-15-51(16-4-1)61(59-27-13-23-49-19-9-11-25-57(49)59)41-47-33-29-45(30-34-47)37-39-55-43-53-21-7-8-22-54(53)44-56(55)40-38-46-31-35-48(36-32-46)42-62(52-17-5-2-6-18-52)60-28-14-24-50-20-10-12-26-58(50)60/h1-44H. The Kier molecular flexibility index (Phi) is 10.9. The predicted octanol–water partition coefficient (Wildman–Crippen LogP) is 16.7. The van der Waals surface area contributed by atoms with Crippen molar-refractivity contribution in [3.05, 3.63) is 286 Å². The molecule has 62 heavy (non-hydrogen) atoms. The van der Waals surface area contributed by atoms with Gasteiger partial charge in [-0.2, -0.15) is 0 Å². The molecule has 0 fully saturated rings. The summed E-state index contributed by atoms with van der Waals surface area (Å²) < 4.78 is 0. The number of hydrogen-bond donors (Lipinski definition) is 0. The summed E-state index contributed by atoms with van der Waals surface area (Å²) in [6, 6.07) is 82.7. The summed E-state index contributed by atoms with van der Waals surface area (Å²) in [7, 11) is 0. The van der Waals surface area contributed by atoms with Gasteiger partial charge in [0.1, 0.15) is 0 Å². The Morgan fingerprint density at radius 1 is 0.258 bits per heavy atom. The van der Waals surface area contributed by atoms with E-state index in [1.165, 1.54) is 76.8 Å². The van der Waals surface area contributed by atoms with E-state index in [0.717, 1.165) is 22.3 Å². The van der Waals surface area contributed by atoms with Gasteiger partial charge in [-0.05, 0) is 123 Å². The van der Waals surface area contributed by atoms with Crippen molar-refractivity contribution in [2.45, 2.75) is 0 Å². The summed E-state index contributed by atoms with van der Waals surface area (Å²) in [5.74, 6) is 0. The molecular formula is C62H44. The second-order valence-electron chi connectivity index (χ2n) is 15.7. The van der Waals surface area contributed by atoms with E-state index in [9.17, 15) is 0 Å². The molecule has 0 unspecified atom stereocenters. The van der Waals surface area contributed by atoms with E-state index in [1.54, 1.807) is 0 Å². The first-order valence-corrected chi connectivity index (χ1v) is 21.3. The molecule has 0 spiro atoms. The summed E-state index contributed by atoms with van der Waals surface area (Å²) in [5, 5.41) is 7.44. The van der Waals surface area contributed by atoms with E-state index in [2.05, 4.69) is 267 Å². The molecule has 0 aliphatic heterocycles. The highest BCUT2D eigenvalue weighted by Crippen LogP contribution is 2.34. The van der Waals surface area contributed by atoms with Gasteiger partial charge in [-0.1, -0.05) is 243 Å². The van der Waals surface area contributed by atoms with Crippen LogP contribution in [-0.2, 0) is 0 Å². The molecule has 0 radical (unpaired) electrons. The van der Waals surface area contributed by atoms with E-state index in [4.69, 9.17) is 0 Å². The Hall–Kier alpha value is -8.06. The number of rotatable bonds is 10. The van der Waals surface area contributed by atoms with Gasteiger partial charge in [-0.3, -0.25) is 0 Å². The van der Waals surface area contributed by atoms with Crippen molar-refractivity contribution in [3.63, 3.8) is 0 Å². The molecule has 0 nitrogen and oxygen atoms in total. The smallest absolute Gasteiger partial charge is 0.00992 e. The van der Waals surface area contributed by atoms with Gasteiger partial charge in [0.2, 0.25) is 0 Å². The fourth-order valence-corrected chi connectivity index (χ4v) is 8.47. The van der Waals surface area contributed by atoms with E-state index >= 15 is 0 Å². The summed E-state index contributed by atoms with van der Waals surface area (Å²) in [6.07, 6.45) is 13.6. The van der Waals surface area contributed by atoms with Crippen LogP contribution in [0.3, 0.4) is 0 Å². The quantitative estimate of drug-likeness (QED) is 0.121. The number of hydrogen-bond acceptors (Lipinski definition) is 0. The molecule has 0 heteroatoms. The lowest BCUT2D eigenvalue weighted by atomic mass is 9.91. The first-order chi connectivity index (χ1) is 30.7. The maximum Gasteiger partial charge on any atom is -0.00992 e. The van der Waals surface area contributed by atoms with Crippen LogP contribution in [0.25, 0.3) is 79.9 Å². The van der Waals surface area contributed by atoms with Crippen LogP contribution in [0.15, 0.2) is 231 Å². The molecule has 292 valence electrons. The lowest BCUT2D eigenvalue weighted by molar-refractivity contribution is 1.57. The van der Waals surface area contributed by atoms with E-state index in [0.29, 0.717) is 0 Å². The number of benzene rings is 10. The molecular weight excluding hydrogens is 745 g/mol. The molecule has 10 aromatic rings. The van der Waals surface area contributed by atoms with Crippen molar-refractivity contribution in [3.8, 4) is 0 Å². The predicted molar refractivity (Wildman–Crippen MR) is 269 cm³/mol. The first-order valence-electron chi connectivity index (χ1n) is 21.3. The Balaban J connectivity index is 0.934. The normalized spacial score (nSPS) is 12.3. The molecule has 0 bridgehead atoms. The lowest BCUT2D eigenvalue weighted by Gasteiger charge is -2.12. The molecule has 0 amide bonds. The molecule has 10 rings (SSSR count). The van der Waals surface area contributed by atoms with Crippen molar-refractivity contribution >= 4 is 79.9 Å². The molecule has 0 N–H and O–H groups in total. The van der Waals surface area contributed by atoms with Crippen LogP contribution in [0.1, 0.15) is 55.6 Å². The molecule has 0 atom stereocenters. The topological polar surface area (TPSA) is 0 Å². The largest absolute Gasteiger partial charge is 0.0622 e. The van der Waals surface area contributed by atoms with Gasteiger partial charge in [-0.15, -0.1) is 0 Å². The third-order valence-corrected chi connectivity index (χ3v) is 11.7. The van der Waals surface area contributed by atoms with Crippen LogP contribution in [0.4, 0.5) is 0 Å². The molecule has 0 aromatic heterocycles. The van der Waals surface area contributed by atoms with Crippen molar-refractivity contribution in [1.82, 2.24) is 0 Å². The van der Waals surface area contributed by atoms with Gasteiger partial charge in [0.05, 0.1) is 0 Å². The fourth-order valence-electron chi connectivity index (χ4n) is 8.47. The fraction of sp³-hybridized carbons (Fsp3) is 0. The van der Waals surface area contributed by atoms with Crippen LogP contribution in [0, 0.1) is 0 Å². The minimum Gasteiger partial charge on any atom is -0.0622 e. The van der Waals surface area contributed by atoms with Crippen molar-refractivity contribution < 1.29 is 0 Å². The van der Waals surface area contributed by atoms with Gasteiger partial charge < -0.3 is 0 Å². The van der Waals surface area contributed by atoms with E-state index in [-0.39, 0.29) is 0 Å². The third kappa shape index (κ3) is 8.36. The van der Waals surface area contributed by atoms with Crippen LogP contribution in [-0.4, -0.2) is 0 Å². The lowest BCUT2D eigenvalue weighted by Crippen LogP contribution is -1.90. The highest BCUT2D eigenvalue weighted by Gasteiger charge is 2.11. The third-order valence-electron chi connectivity index (χ3n) is 11.7. The highest BCUT2D eigenvalue weighted by atomic mass is 14.2. The summed E-state index contributed by atoms with van der Waals surface area (Å²) in [5.41, 5.74) is 14.3. The summed E-state index contributed by atoms with van der Waals surface area (Å²) in [4.78, 5) is 0. The van der Waals surface area contributed by atoms with Gasteiger partial charge in [0, 0.05) is 0 Å². The SMILES string of the molecule is C(=Cc1cc2ccccc2cc1C=Cc1ccc(C=C(c2ccccc2)c2cccc3ccccc23)cc1)c1ccc(C=C(c2ccccc2)c2cccc3ccccc23)cc1. The average Bonchev–Trinajstić information content (AvgIpc) is 3.34. The van der Waals surface area contributed by atoms with Crippen LogP contribution in [0.5, 0.6) is 0 Å². The Morgan fingerprint density at radius 3 is 1.02 bits per heavy atom. The molecule has 0 saturated carbocycles. The van der Waals surface area contributed by atoms with Crippen molar-refractivity contribution in [2.75, 3.05) is 0 Å². The molecule has 0 aliphatic rings. The van der Waals surface area contributed by atoms with Crippen LogP contribution < -0.4 is 0 Å². The molecule has 10 aromatic carbocycles. The summed E-state index contributed by atoms with van der Waals surface area (Å²) >= 11 is 0. The molecule has 0 saturated heterocycles. The van der Waals surface area contributed by atoms with Gasteiger partial charge in [0.25, 0.3) is 0 Å². The zero-order chi connectivity index (χ0) is 41.5.